The largest absolute Gasteiger partial charge is 0.355 e. The molecule has 1 aromatic rings. The predicted molar refractivity (Wildman–Crippen MR) is 51.2 cm³/mol. The summed E-state index contributed by atoms with van der Waals surface area (Å²) in [5, 5.41) is 21.5. The third-order valence-corrected chi connectivity index (χ3v) is 1.81. The molecule has 0 saturated carbocycles. The zero-order valence-electron chi connectivity index (χ0n) is 7.85. The maximum atomic E-state index is 11.3. The van der Waals surface area contributed by atoms with Crippen molar-refractivity contribution in [3.8, 4) is 6.07 Å². The summed E-state index contributed by atoms with van der Waals surface area (Å²) >= 11 is 0. The zero-order chi connectivity index (χ0) is 11.4. The molecule has 15 heavy (non-hydrogen) atoms. The molecule has 0 aliphatic carbocycles. The molecule has 0 radical (unpaired) electrons. The topological polar surface area (TPSA) is 96.0 Å². The summed E-state index contributed by atoms with van der Waals surface area (Å²) in [5.41, 5.74) is -0.0956. The average molecular weight is 205 g/mol. The summed E-state index contributed by atoms with van der Waals surface area (Å²) < 4.78 is 0. The van der Waals surface area contributed by atoms with Gasteiger partial charge in [-0.1, -0.05) is 0 Å². The Morgan fingerprint density at radius 2 is 2.27 bits per heavy atom. The van der Waals surface area contributed by atoms with Crippen LogP contribution in [0.5, 0.6) is 0 Å². The second-order valence-corrected chi connectivity index (χ2v) is 2.68. The van der Waals surface area contributed by atoms with Crippen molar-refractivity contribution in [1.82, 2.24) is 5.32 Å². The Labute approximate surface area is 85.3 Å². The number of nitriles is 1. The molecule has 76 valence electrons. The Morgan fingerprint density at radius 3 is 2.73 bits per heavy atom. The number of carbonyl (C=O) groups excluding carboxylic acids is 1. The normalized spacial score (nSPS) is 9.07. The van der Waals surface area contributed by atoms with Crippen molar-refractivity contribution in [2.75, 3.05) is 7.05 Å². The van der Waals surface area contributed by atoms with Crippen LogP contribution in [0.2, 0.25) is 0 Å². The summed E-state index contributed by atoms with van der Waals surface area (Å²) in [5.74, 6) is -0.518. The van der Waals surface area contributed by atoms with Crippen LogP contribution in [0.3, 0.4) is 0 Å². The Bertz CT molecular complexity index is 462. The number of nitro benzene ring substituents is 1. The molecule has 0 spiro atoms. The monoisotopic (exact) mass is 205 g/mol. The number of nitrogens with zero attached hydrogens (tertiary/aromatic N) is 2. The highest BCUT2D eigenvalue weighted by atomic mass is 16.6. The molecule has 0 aromatic heterocycles. The fraction of sp³-hybridized carbons (Fsp3) is 0.111. The minimum atomic E-state index is -0.617. The number of amides is 1. The van der Waals surface area contributed by atoms with Gasteiger partial charge in [-0.05, 0) is 6.07 Å². The first-order valence-corrected chi connectivity index (χ1v) is 4.00. The fourth-order valence-corrected chi connectivity index (χ4v) is 1.07. The van der Waals surface area contributed by atoms with Gasteiger partial charge < -0.3 is 5.32 Å². The first-order chi connectivity index (χ1) is 7.10. The van der Waals surface area contributed by atoms with Gasteiger partial charge in [-0.2, -0.15) is 5.26 Å². The van der Waals surface area contributed by atoms with E-state index in [4.69, 9.17) is 5.26 Å². The predicted octanol–water partition coefficient (Wildman–Crippen LogP) is 0.826. The maximum absolute atomic E-state index is 11.3. The van der Waals surface area contributed by atoms with E-state index in [2.05, 4.69) is 5.32 Å². The van der Waals surface area contributed by atoms with Gasteiger partial charge in [0.15, 0.2) is 0 Å². The molecule has 0 heterocycles. The van der Waals surface area contributed by atoms with Gasteiger partial charge in [0.1, 0.15) is 0 Å². The van der Waals surface area contributed by atoms with Gasteiger partial charge in [0.2, 0.25) is 0 Å². The number of rotatable bonds is 2. The fourth-order valence-electron chi connectivity index (χ4n) is 1.07. The van der Waals surface area contributed by atoms with E-state index in [1.807, 2.05) is 0 Å². The number of carbonyl (C=O) groups is 1. The maximum Gasteiger partial charge on any atom is 0.270 e. The Kier molecular flexibility index (Phi) is 2.98. The van der Waals surface area contributed by atoms with Crippen LogP contribution in [0.15, 0.2) is 18.2 Å². The van der Waals surface area contributed by atoms with E-state index in [1.165, 1.54) is 19.2 Å². The summed E-state index contributed by atoms with van der Waals surface area (Å²) in [6.07, 6.45) is 0. The van der Waals surface area contributed by atoms with Crippen molar-refractivity contribution >= 4 is 11.6 Å². The highest BCUT2D eigenvalue weighted by molar-refractivity contribution is 5.97. The second-order valence-electron chi connectivity index (χ2n) is 2.68. The highest BCUT2D eigenvalue weighted by Crippen LogP contribution is 2.17. The van der Waals surface area contributed by atoms with Gasteiger partial charge in [-0.3, -0.25) is 14.9 Å². The van der Waals surface area contributed by atoms with Crippen molar-refractivity contribution in [2.45, 2.75) is 0 Å². The van der Waals surface area contributed by atoms with Gasteiger partial charge in [-0.25, -0.2) is 0 Å². The molecular formula is C9H7N3O3. The molecule has 0 bridgehead atoms. The Hall–Kier alpha value is -2.42. The molecule has 6 nitrogen and oxygen atoms in total. The van der Waals surface area contributed by atoms with Crippen LogP contribution in [0.25, 0.3) is 0 Å². The minimum Gasteiger partial charge on any atom is -0.355 e. The first-order valence-electron chi connectivity index (χ1n) is 4.00. The number of nitro groups is 1. The summed E-state index contributed by atoms with van der Waals surface area (Å²) in [6, 6.07) is 5.31. The zero-order valence-corrected chi connectivity index (χ0v) is 7.85. The van der Waals surface area contributed by atoms with Crippen LogP contribution < -0.4 is 5.32 Å². The van der Waals surface area contributed by atoms with Gasteiger partial charge in [0.25, 0.3) is 11.6 Å². The van der Waals surface area contributed by atoms with E-state index in [9.17, 15) is 14.9 Å². The molecule has 1 amide bonds. The van der Waals surface area contributed by atoms with Crippen molar-refractivity contribution in [3.05, 3.63) is 39.4 Å². The van der Waals surface area contributed by atoms with Crippen LogP contribution in [-0.4, -0.2) is 17.9 Å². The van der Waals surface area contributed by atoms with Crippen molar-refractivity contribution in [2.24, 2.45) is 0 Å². The quantitative estimate of drug-likeness (QED) is 0.571. The molecule has 0 unspecified atom stereocenters. The highest BCUT2D eigenvalue weighted by Gasteiger charge is 2.15. The number of benzene rings is 1. The molecular weight excluding hydrogens is 198 g/mol. The number of non-ortho nitro benzene ring substituents is 1. The Balaban J connectivity index is 3.33. The van der Waals surface area contributed by atoms with E-state index < -0.39 is 10.8 Å². The van der Waals surface area contributed by atoms with Crippen LogP contribution in [0.1, 0.15) is 15.9 Å². The summed E-state index contributed by atoms with van der Waals surface area (Å²) in [4.78, 5) is 21.1. The van der Waals surface area contributed by atoms with Crippen LogP contribution in [-0.2, 0) is 0 Å². The smallest absolute Gasteiger partial charge is 0.270 e. The van der Waals surface area contributed by atoms with Crippen molar-refractivity contribution in [1.29, 1.82) is 5.26 Å². The molecule has 6 heteroatoms. The molecule has 1 aromatic carbocycles. The number of hydrogen-bond acceptors (Lipinski definition) is 4. The lowest BCUT2D eigenvalue weighted by Crippen LogP contribution is -2.19. The van der Waals surface area contributed by atoms with Gasteiger partial charge >= 0.3 is 0 Å². The number of hydrogen-bond donors (Lipinski definition) is 1. The average Bonchev–Trinajstić information content (AvgIpc) is 2.27. The van der Waals surface area contributed by atoms with E-state index in [-0.39, 0.29) is 16.8 Å². The van der Waals surface area contributed by atoms with Crippen LogP contribution in [0, 0.1) is 21.4 Å². The lowest BCUT2D eigenvalue weighted by molar-refractivity contribution is -0.384. The van der Waals surface area contributed by atoms with E-state index in [1.54, 1.807) is 6.07 Å². The minimum absolute atomic E-state index is 0.00852. The van der Waals surface area contributed by atoms with Gasteiger partial charge in [0.05, 0.1) is 22.1 Å². The van der Waals surface area contributed by atoms with Crippen LogP contribution >= 0.6 is 0 Å². The third-order valence-electron chi connectivity index (χ3n) is 1.81. The standard InChI is InChI=1S/C9H7N3O3/c1-11-9(13)8-4-7(12(14)15)3-2-6(8)5-10/h2-4H,1H3,(H,11,13). The van der Waals surface area contributed by atoms with Crippen molar-refractivity contribution in [3.63, 3.8) is 0 Å². The Morgan fingerprint density at radius 1 is 1.60 bits per heavy atom. The third kappa shape index (κ3) is 2.08. The SMILES string of the molecule is CNC(=O)c1cc([N+](=O)[O-])ccc1C#N. The summed E-state index contributed by atoms with van der Waals surface area (Å²) in [6.45, 7) is 0. The van der Waals surface area contributed by atoms with Gasteiger partial charge in [-0.15, -0.1) is 0 Å². The lowest BCUT2D eigenvalue weighted by Gasteiger charge is -2.01. The van der Waals surface area contributed by atoms with E-state index in [0.717, 1.165) is 6.07 Å². The molecule has 0 aliphatic rings. The molecule has 0 atom stereocenters. The van der Waals surface area contributed by atoms with Gasteiger partial charge in [0, 0.05) is 19.2 Å². The second kappa shape index (κ2) is 4.19. The number of nitrogens with one attached hydrogen (secondary N) is 1. The molecule has 0 aliphatic heterocycles. The molecule has 0 fully saturated rings. The van der Waals surface area contributed by atoms with Crippen LogP contribution in [0.4, 0.5) is 5.69 Å². The summed E-state index contributed by atoms with van der Waals surface area (Å²) in [7, 11) is 1.39. The lowest BCUT2D eigenvalue weighted by atomic mass is 10.1. The molecule has 1 N–H and O–H groups in total. The van der Waals surface area contributed by atoms with E-state index >= 15 is 0 Å². The first kappa shape index (κ1) is 10.7. The van der Waals surface area contributed by atoms with E-state index in [0.29, 0.717) is 0 Å². The van der Waals surface area contributed by atoms with Crippen molar-refractivity contribution < 1.29 is 9.72 Å². The molecule has 0 saturated heterocycles. The molecule has 1 rings (SSSR count).